The van der Waals surface area contributed by atoms with Crippen molar-refractivity contribution in [3.63, 3.8) is 0 Å². The molecule has 7 nitrogen and oxygen atoms in total. The Labute approximate surface area is 281 Å². The number of allylic oxidation sites excluding steroid dienone is 2. The Bertz CT molecular complexity index is 1680. The lowest BCUT2D eigenvalue weighted by Gasteiger charge is -2.25. The summed E-state index contributed by atoms with van der Waals surface area (Å²) in [6, 6.07) is 7.64. The Morgan fingerprint density at radius 3 is 2.07 bits per heavy atom. The number of anilines is 2. The first kappa shape index (κ1) is 34.9. The second-order valence-electron chi connectivity index (χ2n) is 10.9. The van der Waals surface area contributed by atoms with E-state index < -0.39 is 10.1 Å². The highest BCUT2D eigenvalue weighted by molar-refractivity contribution is 7.85. The highest BCUT2D eigenvalue weighted by Gasteiger charge is 2.32. The van der Waals surface area contributed by atoms with E-state index in [1.54, 1.807) is 0 Å². The number of halogens is 4. The fraction of sp³-hybridized carbons (Fsp3) is 0.469. The van der Waals surface area contributed by atoms with E-state index in [1.807, 2.05) is 24.3 Å². The van der Waals surface area contributed by atoms with Crippen molar-refractivity contribution < 1.29 is 17.5 Å². The number of nitrogens with zero attached hydrogens (tertiary/aromatic N) is 4. The van der Waals surface area contributed by atoms with Crippen LogP contribution in [-0.2, 0) is 23.2 Å². The summed E-state index contributed by atoms with van der Waals surface area (Å²) in [5.41, 5.74) is 5.02. The molecule has 0 N–H and O–H groups in total. The van der Waals surface area contributed by atoms with E-state index in [4.69, 9.17) is 46.4 Å². The first-order valence-corrected chi connectivity index (χ1v) is 18.3. The zero-order valence-electron chi connectivity index (χ0n) is 25.7. The van der Waals surface area contributed by atoms with Crippen molar-refractivity contribution in [1.82, 2.24) is 4.57 Å². The normalized spacial score (nSPS) is 14.8. The summed E-state index contributed by atoms with van der Waals surface area (Å²) in [5.74, 6) is 1.63. The molecular formula is C32H40Cl4N4O3S. The van der Waals surface area contributed by atoms with Gasteiger partial charge in [0.1, 0.15) is 5.82 Å². The number of unbranched alkanes of at least 4 members (excludes halogenated alkanes) is 3. The summed E-state index contributed by atoms with van der Waals surface area (Å²) >= 11 is 25.9. The Morgan fingerprint density at radius 1 is 0.841 bits per heavy atom. The number of benzene rings is 2. The molecule has 0 atom stereocenters. The third kappa shape index (κ3) is 7.71. The van der Waals surface area contributed by atoms with E-state index in [0.717, 1.165) is 78.4 Å². The van der Waals surface area contributed by atoms with E-state index >= 15 is 0 Å². The van der Waals surface area contributed by atoms with Crippen molar-refractivity contribution in [3.05, 3.63) is 67.7 Å². The Balaban J connectivity index is 1.85. The molecule has 3 aromatic rings. The number of hydrogen-bond acceptors (Lipinski definition) is 5. The van der Waals surface area contributed by atoms with Gasteiger partial charge in [-0.2, -0.15) is 0 Å². The van der Waals surface area contributed by atoms with Crippen LogP contribution in [0.3, 0.4) is 0 Å². The lowest BCUT2D eigenvalue weighted by atomic mass is 10.1. The molecule has 44 heavy (non-hydrogen) atoms. The standard InChI is InChI=1S/C32H40Cl4N4O3S/c1-5-9-10-13-39-29-20-25(35)23(33)18-27(29)37(7-3)31(39)16-22(6-2)17-32-38(8-4)28-19-24(34)26(36)21-30(28)40(32)14-11-12-15-44(41,42)43/h16-21H,5-15H2,1-4H3. The Kier molecular flexibility index (Phi) is 12.0. The van der Waals surface area contributed by atoms with Crippen LogP contribution in [0.4, 0.5) is 11.4 Å². The molecule has 0 fully saturated rings. The van der Waals surface area contributed by atoms with Gasteiger partial charge in [-0.3, -0.25) is 0 Å². The number of aromatic nitrogens is 2. The van der Waals surface area contributed by atoms with E-state index in [2.05, 4.69) is 58.8 Å². The van der Waals surface area contributed by atoms with Crippen molar-refractivity contribution in [2.75, 3.05) is 28.6 Å². The van der Waals surface area contributed by atoms with Crippen molar-refractivity contribution in [3.8, 4) is 0 Å². The Morgan fingerprint density at radius 2 is 1.48 bits per heavy atom. The topological polar surface area (TPSA) is 72.5 Å². The number of rotatable bonds is 14. The molecule has 0 saturated carbocycles. The van der Waals surface area contributed by atoms with Crippen molar-refractivity contribution >= 4 is 85.0 Å². The molecule has 12 heteroatoms. The highest BCUT2D eigenvalue weighted by atomic mass is 35.5. The van der Waals surface area contributed by atoms with E-state index in [9.17, 15) is 13.0 Å². The number of aryl methyl sites for hydroxylation is 2. The molecule has 0 unspecified atom stereocenters. The fourth-order valence-corrected chi connectivity index (χ4v) is 6.98. The summed E-state index contributed by atoms with van der Waals surface area (Å²) in [4.78, 5) is 4.34. The monoisotopic (exact) mass is 700 g/mol. The quantitative estimate of drug-likeness (QED) is 0.0953. The molecule has 1 aliphatic heterocycles. The largest absolute Gasteiger partial charge is 0.748 e. The number of imidazole rings is 1. The first-order valence-electron chi connectivity index (χ1n) is 15.2. The molecule has 240 valence electrons. The maximum Gasteiger partial charge on any atom is 0.282 e. The van der Waals surface area contributed by atoms with Gasteiger partial charge in [-0.05, 0) is 69.7 Å². The summed E-state index contributed by atoms with van der Waals surface area (Å²) in [7, 11) is -4.28. The van der Waals surface area contributed by atoms with Crippen LogP contribution in [0.5, 0.6) is 0 Å². The second kappa shape index (κ2) is 15.1. The highest BCUT2D eigenvalue weighted by Crippen LogP contribution is 2.46. The van der Waals surface area contributed by atoms with Crippen LogP contribution < -0.4 is 14.4 Å². The number of fused-ring (bicyclic) bond motifs is 2. The Hall–Kier alpha value is -1.94. The molecule has 0 amide bonds. The molecule has 0 spiro atoms. The van der Waals surface area contributed by atoms with Crippen molar-refractivity contribution in [1.29, 1.82) is 0 Å². The molecular weight excluding hydrogens is 662 g/mol. The second-order valence-corrected chi connectivity index (χ2v) is 14.1. The van der Waals surface area contributed by atoms with Crippen LogP contribution in [-0.4, -0.2) is 36.4 Å². The molecule has 2 heterocycles. The van der Waals surface area contributed by atoms with Crippen LogP contribution in [0.15, 0.2) is 41.7 Å². The van der Waals surface area contributed by atoms with Gasteiger partial charge in [-0.25, -0.2) is 17.6 Å². The minimum atomic E-state index is -4.28. The zero-order chi connectivity index (χ0) is 32.2. The maximum atomic E-state index is 11.2. The third-order valence-electron chi connectivity index (χ3n) is 7.99. The van der Waals surface area contributed by atoms with E-state index in [1.165, 1.54) is 0 Å². The van der Waals surface area contributed by atoms with Gasteiger partial charge in [0.25, 0.3) is 5.82 Å². The third-order valence-corrected chi connectivity index (χ3v) is 10.2. The summed E-state index contributed by atoms with van der Waals surface area (Å²) in [6.45, 7) is 11.3. The first-order chi connectivity index (χ1) is 20.9. The molecule has 2 aromatic carbocycles. The SMILES string of the molecule is CCCCC[n+]1c(C=C(C=C2N(CC)c3cc(Cl)c(Cl)cc3N2CCCCS(=O)(=O)[O-])CC)n(CC)c2cc(Cl)c(Cl)cc21. The van der Waals surface area contributed by atoms with Crippen LogP contribution in [0.2, 0.25) is 20.1 Å². The summed E-state index contributed by atoms with van der Waals surface area (Å²) < 4.78 is 38.4. The molecule has 0 bridgehead atoms. The predicted octanol–water partition coefficient (Wildman–Crippen LogP) is 9.06. The lowest BCUT2D eigenvalue weighted by molar-refractivity contribution is -0.674. The van der Waals surface area contributed by atoms with Gasteiger partial charge in [0.2, 0.25) is 0 Å². The minimum Gasteiger partial charge on any atom is -0.748 e. The van der Waals surface area contributed by atoms with Crippen LogP contribution in [0, 0.1) is 0 Å². The summed E-state index contributed by atoms with van der Waals surface area (Å²) in [5, 5.41) is 1.97. The lowest BCUT2D eigenvalue weighted by Crippen LogP contribution is -2.36. The van der Waals surface area contributed by atoms with Crippen LogP contribution in [0.1, 0.15) is 72.0 Å². The van der Waals surface area contributed by atoms with Crippen LogP contribution >= 0.6 is 46.4 Å². The van der Waals surface area contributed by atoms with Gasteiger partial charge in [-0.1, -0.05) is 66.7 Å². The predicted molar refractivity (Wildman–Crippen MR) is 184 cm³/mol. The van der Waals surface area contributed by atoms with Gasteiger partial charge in [0.05, 0.1) is 54.7 Å². The smallest absolute Gasteiger partial charge is 0.282 e. The van der Waals surface area contributed by atoms with Gasteiger partial charge in [0.15, 0.2) is 11.0 Å². The van der Waals surface area contributed by atoms with Crippen molar-refractivity contribution in [2.24, 2.45) is 0 Å². The average Bonchev–Trinajstić information content (AvgIpc) is 3.40. The number of hydrogen-bond donors (Lipinski definition) is 0. The molecule has 1 aromatic heterocycles. The molecule has 0 aliphatic carbocycles. The summed E-state index contributed by atoms with van der Waals surface area (Å²) in [6.07, 6.45) is 9.27. The molecule has 4 rings (SSSR count). The van der Waals surface area contributed by atoms with Gasteiger partial charge < -0.3 is 14.4 Å². The van der Waals surface area contributed by atoms with Gasteiger partial charge >= 0.3 is 0 Å². The molecule has 0 saturated heterocycles. The maximum absolute atomic E-state index is 11.2. The zero-order valence-corrected chi connectivity index (χ0v) is 29.5. The van der Waals surface area contributed by atoms with Gasteiger partial charge in [0, 0.05) is 37.1 Å². The fourth-order valence-electron chi connectivity index (χ4n) is 5.79. The van der Waals surface area contributed by atoms with Crippen molar-refractivity contribution in [2.45, 2.75) is 79.3 Å². The minimum absolute atomic E-state index is 0.272. The average molecular weight is 703 g/mol. The molecule has 0 radical (unpaired) electrons. The van der Waals surface area contributed by atoms with E-state index in [0.29, 0.717) is 39.6 Å². The van der Waals surface area contributed by atoms with E-state index in [-0.39, 0.29) is 12.2 Å². The van der Waals surface area contributed by atoms with Gasteiger partial charge in [-0.15, -0.1) is 0 Å². The van der Waals surface area contributed by atoms with Crippen LogP contribution in [0.25, 0.3) is 17.1 Å². The molecule has 1 aliphatic rings.